The molecule has 0 aliphatic heterocycles. The smallest absolute Gasteiger partial charge is 0.242 e. The van der Waals surface area contributed by atoms with Crippen LogP contribution < -0.4 is 9.46 Å². The molecule has 174 valence electrons. The highest BCUT2D eigenvalue weighted by Crippen LogP contribution is 2.43. The number of nitrogens with one attached hydrogen (secondary N) is 1. The van der Waals surface area contributed by atoms with Crippen molar-refractivity contribution in [2.75, 3.05) is 20.5 Å². The van der Waals surface area contributed by atoms with Crippen LogP contribution in [0.1, 0.15) is 30.9 Å². The number of ether oxygens (including phenoxy) is 1. The van der Waals surface area contributed by atoms with Crippen LogP contribution in [-0.4, -0.2) is 44.5 Å². The summed E-state index contributed by atoms with van der Waals surface area (Å²) in [4.78, 5) is 3.97. The molecule has 2 aromatic heterocycles. The van der Waals surface area contributed by atoms with Crippen LogP contribution in [-0.2, 0) is 10.0 Å². The van der Waals surface area contributed by atoms with Crippen molar-refractivity contribution in [1.82, 2.24) is 14.3 Å². The molecular weight excluding hydrogens is 457 g/mol. The molecule has 0 saturated heterocycles. The van der Waals surface area contributed by atoms with Gasteiger partial charge in [0.2, 0.25) is 10.0 Å². The van der Waals surface area contributed by atoms with E-state index in [0.717, 1.165) is 25.5 Å². The Morgan fingerprint density at radius 2 is 2.03 bits per heavy atom. The monoisotopic (exact) mass is 478 g/mol. The number of aromatic nitrogens is 2. The molecule has 0 bridgehead atoms. The summed E-state index contributed by atoms with van der Waals surface area (Å²) in [5.41, 5.74) is 1.61. The van der Waals surface area contributed by atoms with Gasteiger partial charge in [0.25, 0.3) is 0 Å². The largest absolute Gasteiger partial charge is 0.494 e. The minimum Gasteiger partial charge on any atom is -0.494 e. The Morgan fingerprint density at radius 1 is 1.30 bits per heavy atom. The van der Waals surface area contributed by atoms with E-state index in [4.69, 9.17) is 4.74 Å². The van der Waals surface area contributed by atoms with Gasteiger partial charge in [-0.15, -0.1) is 0 Å². The van der Waals surface area contributed by atoms with E-state index in [2.05, 4.69) is 11.1 Å². The number of pyridine rings is 1. The van der Waals surface area contributed by atoms with Gasteiger partial charge in [-0.3, -0.25) is 4.98 Å². The number of hydrogen-bond acceptors (Lipinski definition) is 5. The number of benzene rings is 1. The third kappa shape index (κ3) is 4.05. The summed E-state index contributed by atoms with van der Waals surface area (Å²) in [5, 5.41) is 10.3. The maximum absolute atomic E-state index is 14.4. The van der Waals surface area contributed by atoms with E-state index in [-0.39, 0.29) is 22.3 Å². The van der Waals surface area contributed by atoms with Crippen molar-refractivity contribution in [1.29, 1.82) is 5.26 Å². The minimum absolute atomic E-state index is 0.0485. The van der Waals surface area contributed by atoms with Gasteiger partial charge in [0.15, 0.2) is 11.6 Å². The van der Waals surface area contributed by atoms with Crippen LogP contribution in [0.25, 0.3) is 22.3 Å². The fraction of sp³-hybridized carbons (Fsp3) is 0.364. The Kier molecular flexibility index (Phi) is 6.32. The topological polar surface area (TPSA) is 97.0 Å². The molecule has 1 aliphatic rings. The van der Waals surface area contributed by atoms with Crippen molar-refractivity contribution in [3.8, 4) is 23.2 Å². The van der Waals surface area contributed by atoms with Crippen molar-refractivity contribution in [2.45, 2.75) is 36.2 Å². The van der Waals surface area contributed by atoms with Crippen LogP contribution in [0.15, 0.2) is 35.4 Å². The highest BCUT2D eigenvalue weighted by molar-refractivity contribution is 7.89. The quantitative estimate of drug-likeness (QED) is 0.527. The molecule has 0 amide bonds. The predicted octanol–water partition coefficient (Wildman–Crippen LogP) is 4.03. The second-order valence-corrected chi connectivity index (χ2v) is 9.51. The lowest BCUT2D eigenvalue weighted by Crippen LogP contribution is -2.37. The van der Waals surface area contributed by atoms with Gasteiger partial charge < -0.3 is 9.30 Å². The van der Waals surface area contributed by atoms with Crippen LogP contribution in [0.2, 0.25) is 0 Å². The van der Waals surface area contributed by atoms with Gasteiger partial charge in [-0.2, -0.15) is 5.26 Å². The Morgan fingerprint density at radius 3 is 2.55 bits per heavy atom. The van der Waals surface area contributed by atoms with E-state index in [0.29, 0.717) is 22.3 Å². The fourth-order valence-electron chi connectivity index (χ4n) is 3.93. The number of nitriles is 1. The lowest BCUT2D eigenvalue weighted by Gasteiger charge is -2.30. The van der Waals surface area contributed by atoms with Crippen LogP contribution in [0, 0.1) is 17.1 Å². The molecule has 0 spiro atoms. The second kappa shape index (κ2) is 9.03. The SMILES string of the molecule is COc1cc2c(cc1F)c(C#N)c(-c1ccc(S(=O)(=O)NC(CF)CF)cn1)n2C1CCC1. The van der Waals surface area contributed by atoms with E-state index in [1.165, 1.54) is 25.3 Å². The first-order chi connectivity index (χ1) is 15.8. The molecule has 1 aliphatic carbocycles. The van der Waals surface area contributed by atoms with E-state index in [1.807, 2.05) is 9.29 Å². The van der Waals surface area contributed by atoms with Gasteiger partial charge in [-0.1, -0.05) is 0 Å². The molecule has 11 heteroatoms. The van der Waals surface area contributed by atoms with E-state index in [1.54, 1.807) is 6.07 Å². The summed E-state index contributed by atoms with van der Waals surface area (Å²) in [6.07, 6.45) is 3.80. The van der Waals surface area contributed by atoms with Crippen LogP contribution in [0.3, 0.4) is 0 Å². The summed E-state index contributed by atoms with van der Waals surface area (Å²) >= 11 is 0. The number of halogens is 3. The van der Waals surface area contributed by atoms with Gasteiger partial charge in [0, 0.05) is 23.7 Å². The molecule has 7 nitrogen and oxygen atoms in total. The van der Waals surface area contributed by atoms with Crippen LogP contribution >= 0.6 is 0 Å². The zero-order valence-electron chi connectivity index (χ0n) is 17.7. The van der Waals surface area contributed by atoms with Gasteiger partial charge >= 0.3 is 0 Å². The normalized spacial score (nSPS) is 14.4. The van der Waals surface area contributed by atoms with Crippen LogP contribution in [0.4, 0.5) is 13.2 Å². The lowest BCUT2D eigenvalue weighted by molar-refractivity contribution is 0.323. The Labute approximate surface area is 188 Å². The summed E-state index contributed by atoms with van der Waals surface area (Å²) < 4.78 is 73.8. The third-order valence-corrected chi connectivity index (χ3v) is 7.32. The number of hydrogen-bond donors (Lipinski definition) is 1. The molecule has 3 aromatic rings. The summed E-state index contributed by atoms with van der Waals surface area (Å²) in [5.74, 6) is -0.554. The Balaban J connectivity index is 1.85. The fourth-order valence-corrected chi connectivity index (χ4v) is 5.07. The number of fused-ring (bicyclic) bond motifs is 1. The van der Waals surface area contributed by atoms with Crippen molar-refractivity contribution in [3.05, 3.63) is 41.8 Å². The Bertz CT molecular complexity index is 1330. The van der Waals surface area contributed by atoms with Gasteiger partial charge in [-0.05, 0) is 37.5 Å². The highest BCUT2D eigenvalue weighted by atomic mass is 32.2. The van der Waals surface area contributed by atoms with Gasteiger partial charge in [-0.25, -0.2) is 26.3 Å². The lowest BCUT2D eigenvalue weighted by atomic mass is 9.92. The van der Waals surface area contributed by atoms with E-state index in [9.17, 15) is 26.9 Å². The molecule has 2 heterocycles. The molecule has 0 unspecified atom stereocenters. The Hall–Kier alpha value is -3.10. The zero-order chi connectivity index (χ0) is 23.8. The molecule has 4 rings (SSSR count). The first-order valence-electron chi connectivity index (χ1n) is 10.3. The van der Waals surface area contributed by atoms with Crippen molar-refractivity contribution in [2.24, 2.45) is 0 Å². The summed E-state index contributed by atoms with van der Waals surface area (Å²) in [6, 6.07) is 6.19. The average molecular weight is 478 g/mol. The maximum Gasteiger partial charge on any atom is 0.242 e. The molecule has 1 N–H and O–H groups in total. The van der Waals surface area contributed by atoms with Gasteiger partial charge in [0.1, 0.15) is 24.3 Å². The van der Waals surface area contributed by atoms with Crippen LogP contribution in [0.5, 0.6) is 5.75 Å². The van der Waals surface area contributed by atoms with Crippen molar-refractivity contribution in [3.63, 3.8) is 0 Å². The van der Waals surface area contributed by atoms with Gasteiger partial charge in [0.05, 0.1) is 35.6 Å². The molecule has 1 fully saturated rings. The number of methoxy groups -OCH3 is 1. The summed E-state index contributed by atoms with van der Waals surface area (Å²) in [7, 11) is -2.83. The first-order valence-corrected chi connectivity index (χ1v) is 11.7. The number of alkyl halides is 2. The maximum atomic E-state index is 14.4. The summed E-state index contributed by atoms with van der Waals surface area (Å²) in [6.45, 7) is -2.37. The molecule has 0 radical (unpaired) electrons. The molecule has 1 aromatic carbocycles. The highest BCUT2D eigenvalue weighted by Gasteiger charge is 2.30. The third-order valence-electron chi connectivity index (χ3n) is 5.81. The zero-order valence-corrected chi connectivity index (χ0v) is 18.5. The second-order valence-electron chi connectivity index (χ2n) is 7.80. The molecular formula is C22H21F3N4O3S. The first kappa shape index (κ1) is 23.1. The van der Waals surface area contributed by atoms with E-state index < -0.39 is 35.2 Å². The number of rotatable bonds is 8. The number of sulfonamides is 1. The van der Waals surface area contributed by atoms with E-state index >= 15 is 0 Å². The molecule has 0 atom stereocenters. The molecule has 33 heavy (non-hydrogen) atoms. The van der Waals surface area contributed by atoms with Crippen molar-refractivity contribution >= 4 is 20.9 Å². The average Bonchev–Trinajstić information content (AvgIpc) is 3.08. The molecule has 1 saturated carbocycles. The minimum atomic E-state index is -4.19. The number of nitrogens with zero attached hydrogens (tertiary/aromatic N) is 3. The predicted molar refractivity (Wildman–Crippen MR) is 115 cm³/mol. The van der Waals surface area contributed by atoms with Crippen molar-refractivity contribution < 1.29 is 26.3 Å². The standard InChI is InChI=1S/C22H21F3N4O3S/c1-32-21-8-20-16(7-18(21)25)17(11-26)22(29(20)14-3-2-4-14)19-6-5-15(12-27-19)33(30,31)28-13(9-23)10-24/h5-8,12-14,28H,2-4,9-10H2,1H3.